The van der Waals surface area contributed by atoms with Crippen molar-refractivity contribution in [1.29, 1.82) is 0 Å². The molecule has 0 bridgehead atoms. The lowest BCUT2D eigenvalue weighted by Crippen LogP contribution is -2.40. The number of rotatable bonds is 4. The molecule has 1 heterocycles. The number of ether oxygens (including phenoxy) is 2. The van der Waals surface area contributed by atoms with Crippen molar-refractivity contribution in [3.8, 4) is 11.5 Å². The Hall–Kier alpha value is -2.44. The summed E-state index contributed by atoms with van der Waals surface area (Å²) in [5.41, 5.74) is 5.67. The molecule has 0 spiro atoms. The summed E-state index contributed by atoms with van der Waals surface area (Å²) in [4.78, 5) is 24.8. The number of likely N-dealkylation sites (tertiary alicyclic amines) is 1. The third kappa shape index (κ3) is 3.56. The van der Waals surface area contributed by atoms with Crippen LogP contribution in [-0.4, -0.2) is 50.2 Å². The van der Waals surface area contributed by atoms with Gasteiger partial charge in [0.25, 0.3) is 5.91 Å². The average Bonchev–Trinajstić information content (AvgIpc) is 2.95. The number of amides is 3. The van der Waals surface area contributed by atoms with Crippen LogP contribution in [0.3, 0.4) is 0 Å². The number of nitrogens with one attached hydrogen (secondary N) is 1. The van der Waals surface area contributed by atoms with Crippen molar-refractivity contribution in [3.63, 3.8) is 0 Å². The number of carbonyl (C=O) groups is 2. The van der Waals surface area contributed by atoms with Crippen LogP contribution >= 0.6 is 0 Å². The van der Waals surface area contributed by atoms with Crippen LogP contribution in [0.25, 0.3) is 0 Å². The molecule has 1 atom stereocenters. The van der Waals surface area contributed by atoms with Crippen molar-refractivity contribution in [3.05, 3.63) is 23.8 Å². The Kier molecular flexibility index (Phi) is 4.52. The minimum Gasteiger partial charge on any atom is -0.497 e. The van der Waals surface area contributed by atoms with Crippen molar-refractivity contribution in [2.24, 2.45) is 5.73 Å². The lowest BCUT2D eigenvalue weighted by molar-refractivity contribution is 0.0937. The summed E-state index contributed by atoms with van der Waals surface area (Å²) < 4.78 is 10.3. The van der Waals surface area contributed by atoms with Crippen molar-refractivity contribution in [1.82, 2.24) is 10.2 Å². The molecule has 0 aromatic heterocycles. The quantitative estimate of drug-likeness (QED) is 0.849. The summed E-state index contributed by atoms with van der Waals surface area (Å²) in [5, 5.41) is 2.88. The first-order valence-electron chi connectivity index (χ1n) is 6.61. The molecule has 2 rings (SSSR count). The SMILES string of the molecule is COc1cc(OC)cc(C(=O)NC2CCN(C(N)=O)C2)c1. The molecule has 3 N–H and O–H groups in total. The zero-order chi connectivity index (χ0) is 15.4. The number of hydrogen-bond donors (Lipinski definition) is 2. The van der Waals surface area contributed by atoms with Gasteiger partial charge in [0.1, 0.15) is 11.5 Å². The van der Waals surface area contributed by atoms with Gasteiger partial charge in [-0.2, -0.15) is 0 Å². The van der Waals surface area contributed by atoms with E-state index in [1.807, 2.05) is 0 Å². The van der Waals surface area contributed by atoms with E-state index in [0.717, 1.165) is 0 Å². The van der Waals surface area contributed by atoms with E-state index in [2.05, 4.69) is 5.32 Å². The molecule has 0 saturated carbocycles. The van der Waals surface area contributed by atoms with E-state index in [9.17, 15) is 9.59 Å². The fraction of sp³-hybridized carbons (Fsp3) is 0.429. The number of benzene rings is 1. The van der Waals surface area contributed by atoms with E-state index in [0.29, 0.717) is 36.6 Å². The van der Waals surface area contributed by atoms with Crippen molar-refractivity contribution < 1.29 is 19.1 Å². The molecule has 7 heteroatoms. The van der Waals surface area contributed by atoms with E-state index in [1.165, 1.54) is 19.1 Å². The Bertz CT molecular complexity index is 525. The van der Waals surface area contributed by atoms with Gasteiger partial charge in [0.05, 0.1) is 14.2 Å². The highest BCUT2D eigenvalue weighted by atomic mass is 16.5. The van der Waals surface area contributed by atoms with E-state index in [-0.39, 0.29) is 11.9 Å². The van der Waals surface area contributed by atoms with Gasteiger partial charge in [0.2, 0.25) is 0 Å². The Labute approximate surface area is 123 Å². The predicted octanol–water partition coefficient (Wildman–Crippen LogP) is 0.587. The Morgan fingerprint density at radius 1 is 1.24 bits per heavy atom. The van der Waals surface area contributed by atoms with Crippen molar-refractivity contribution in [2.75, 3.05) is 27.3 Å². The minimum absolute atomic E-state index is 0.0952. The Morgan fingerprint density at radius 3 is 2.33 bits per heavy atom. The van der Waals surface area contributed by atoms with Crippen LogP contribution in [-0.2, 0) is 0 Å². The summed E-state index contributed by atoms with van der Waals surface area (Å²) >= 11 is 0. The van der Waals surface area contributed by atoms with Crippen LogP contribution in [0.15, 0.2) is 18.2 Å². The van der Waals surface area contributed by atoms with Crippen LogP contribution in [0.1, 0.15) is 16.8 Å². The average molecular weight is 293 g/mol. The van der Waals surface area contributed by atoms with Gasteiger partial charge in [0, 0.05) is 30.8 Å². The molecule has 1 aliphatic heterocycles. The maximum absolute atomic E-state index is 12.3. The second-order valence-corrected chi connectivity index (χ2v) is 4.84. The first kappa shape index (κ1) is 15.0. The van der Waals surface area contributed by atoms with E-state index >= 15 is 0 Å². The fourth-order valence-electron chi connectivity index (χ4n) is 2.29. The lowest BCUT2D eigenvalue weighted by Gasteiger charge is -2.15. The number of carbonyl (C=O) groups excluding carboxylic acids is 2. The molecule has 0 radical (unpaired) electrons. The van der Waals surface area contributed by atoms with Crippen LogP contribution in [0.2, 0.25) is 0 Å². The second-order valence-electron chi connectivity index (χ2n) is 4.84. The Balaban J connectivity index is 2.05. The third-order valence-electron chi connectivity index (χ3n) is 3.45. The van der Waals surface area contributed by atoms with Gasteiger partial charge in [-0.3, -0.25) is 4.79 Å². The first-order chi connectivity index (χ1) is 10.0. The standard InChI is InChI=1S/C14H19N3O4/c1-20-11-5-9(6-12(7-11)21-2)13(18)16-10-3-4-17(8-10)14(15)19/h5-7,10H,3-4,8H2,1-2H3,(H2,15,19)(H,16,18). The summed E-state index contributed by atoms with van der Waals surface area (Å²) in [5.74, 6) is 0.859. The molecule has 1 aliphatic rings. The second kappa shape index (κ2) is 6.34. The van der Waals surface area contributed by atoms with E-state index in [4.69, 9.17) is 15.2 Å². The summed E-state index contributed by atoms with van der Waals surface area (Å²) in [6, 6.07) is 4.41. The molecule has 1 fully saturated rings. The minimum atomic E-state index is -0.463. The molecular weight excluding hydrogens is 274 g/mol. The molecule has 1 saturated heterocycles. The fourth-order valence-corrected chi connectivity index (χ4v) is 2.29. The van der Waals surface area contributed by atoms with Gasteiger partial charge in [-0.25, -0.2) is 4.79 Å². The lowest BCUT2D eigenvalue weighted by atomic mass is 10.1. The maximum Gasteiger partial charge on any atom is 0.314 e. The van der Waals surface area contributed by atoms with Gasteiger partial charge < -0.3 is 25.4 Å². The number of methoxy groups -OCH3 is 2. The van der Waals surface area contributed by atoms with E-state index < -0.39 is 6.03 Å². The predicted molar refractivity (Wildman–Crippen MR) is 76.6 cm³/mol. The van der Waals surface area contributed by atoms with Gasteiger partial charge in [-0.1, -0.05) is 0 Å². The third-order valence-corrected chi connectivity index (χ3v) is 3.45. The van der Waals surface area contributed by atoms with Crippen molar-refractivity contribution >= 4 is 11.9 Å². The molecule has 114 valence electrons. The van der Waals surface area contributed by atoms with Crippen LogP contribution in [0, 0.1) is 0 Å². The zero-order valence-electron chi connectivity index (χ0n) is 12.1. The monoisotopic (exact) mass is 293 g/mol. The number of nitrogens with two attached hydrogens (primary N) is 1. The topological polar surface area (TPSA) is 93.9 Å². The van der Waals surface area contributed by atoms with Crippen LogP contribution in [0.5, 0.6) is 11.5 Å². The highest BCUT2D eigenvalue weighted by molar-refractivity contribution is 5.95. The molecule has 7 nitrogen and oxygen atoms in total. The molecular formula is C14H19N3O4. The summed E-state index contributed by atoms with van der Waals surface area (Å²) in [6.45, 7) is 0.990. The van der Waals surface area contributed by atoms with Gasteiger partial charge in [-0.15, -0.1) is 0 Å². The first-order valence-corrected chi connectivity index (χ1v) is 6.61. The van der Waals surface area contributed by atoms with E-state index in [1.54, 1.807) is 18.2 Å². The molecule has 21 heavy (non-hydrogen) atoms. The number of urea groups is 1. The number of nitrogens with zero attached hydrogens (tertiary/aromatic N) is 1. The molecule has 1 aromatic rings. The largest absolute Gasteiger partial charge is 0.497 e. The molecule has 3 amide bonds. The maximum atomic E-state index is 12.3. The van der Waals surface area contributed by atoms with Gasteiger partial charge in [0.15, 0.2) is 0 Å². The van der Waals surface area contributed by atoms with Crippen molar-refractivity contribution in [2.45, 2.75) is 12.5 Å². The highest BCUT2D eigenvalue weighted by Gasteiger charge is 2.26. The zero-order valence-corrected chi connectivity index (χ0v) is 12.1. The summed E-state index contributed by atoms with van der Waals surface area (Å²) in [6.07, 6.45) is 0.690. The normalized spacial score (nSPS) is 17.4. The number of primary amides is 1. The highest BCUT2D eigenvalue weighted by Crippen LogP contribution is 2.22. The molecule has 1 aromatic carbocycles. The van der Waals surface area contributed by atoms with Gasteiger partial charge in [-0.05, 0) is 18.6 Å². The summed E-state index contributed by atoms with van der Waals surface area (Å²) in [7, 11) is 3.05. The van der Waals surface area contributed by atoms with Crippen LogP contribution in [0.4, 0.5) is 4.79 Å². The van der Waals surface area contributed by atoms with Crippen LogP contribution < -0.4 is 20.5 Å². The Morgan fingerprint density at radius 2 is 1.86 bits per heavy atom. The number of hydrogen-bond acceptors (Lipinski definition) is 4. The molecule has 0 aliphatic carbocycles. The van der Waals surface area contributed by atoms with Gasteiger partial charge >= 0.3 is 6.03 Å². The molecule has 1 unspecified atom stereocenters. The smallest absolute Gasteiger partial charge is 0.314 e.